The van der Waals surface area contributed by atoms with Gasteiger partial charge >= 0.3 is 5.97 Å². The van der Waals surface area contributed by atoms with Crippen LogP contribution in [0.15, 0.2) is 46.5 Å². The molecule has 1 saturated heterocycles. The third-order valence-corrected chi connectivity index (χ3v) is 4.57. The molecule has 8 heteroatoms. The first-order valence-electron chi connectivity index (χ1n) is 7.84. The van der Waals surface area contributed by atoms with Gasteiger partial charge in [-0.15, -0.1) is 0 Å². The maximum Gasteiger partial charge on any atom is 0.326 e. The summed E-state index contributed by atoms with van der Waals surface area (Å²) in [6.07, 6.45) is 1.57. The number of carbonyl (C=O) groups is 2. The summed E-state index contributed by atoms with van der Waals surface area (Å²) in [5, 5.41) is 2.97. The molecule has 1 aromatic carbocycles. The third kappa shape index (κ3) is 4.13. The van der Waals surface area contributed by atoms with Crippen LogP contribution < -0.4 is 5.32 Å². The van der Waals surface area contributed by atoms with E-state index in [1.807, 2.05) is 30.3 Å². The molecule has 0 aliphatic carbocycles. The van der Waals surface area contributed by atoms with Crippen LogP contribution in [0.4, 0.5) is 0 Å². The Morgan fingerprint density at radius 1 is 1.38 bits per heavy atom. The summed E-state index contributed by atoms with van der Waals surface area (Å²) in [5.41, 5.74) is 1.20. The highest BCUT2D eigenvalue weighted by atomic mass is 127. The van der Waals surface area contributed by atoms with Gasteiger partial charge in [-0.25, -0.2) is 0 Å². The summed E-state index contributed by atoms with van der Waals surface area (Å²) in [6, 6.07) is 11.5. The number of nitrogens with zero attached hydrogens (tertiary/aromatic N) is 1. The minimum atomic E-state index is -0.509. The van der Waals surface area contributed by atoms with E-state index in [2.05, 4.69) is 27.9 Å². The van der Waals surface area contributed by atoms with Gasteiger partial charge in [0.25, 0.3) is 5.91 Å². The van der Waals surface area contributed by atoms with Crippen molar-refractivity contribution in [1.82, 2.24) is 10.2 Å². The Morgan fingerprint density at radius 2 is 2.19 bits per heavy atom. The second kappa shape index (κ2) is 8.00. The van der Waals surface area contributed by atoms with Gasteiger partial charge in [-0.3, -0.25) is 14.5 Å². The molecule has 0 spiro atoms. The summed E-state index contributed by atoms with van der Waals surface area (Å²) in [7, 11) is 0. The maximum atomic E-state index is 12.4. The van der Waals surface area contributed by atoms with E-state index in [-0.39, 0.29) is 24.0 Å². The average Bonchev–Trinajstić information content (AvgIpc) is 3.16. The first kappa shape index (κ1) is 18.6. The Hall–Kier alpha value is -2.20. The molecule has 0 atom stereocenters. The summed E-state index contributed by atoms with van der Waals surface area (Å²) in [5.74, 6) is 0.308. The van der Waals surface area contributed by atoms with E-state index < -0.39 is 11.9 Å². The normalized spacial score (nSPS) is 15.5. The van der Waals surface area contributed by atoms with Crippen LogP contribution in [0.3, 0.4) is 0 Å². The molecule has 1 aliphatic heterocycles. The fraction of sp³-hybridized carbons (Fsp3) is 0.167. The molecule has 6 nitrogen and oxygen atoms in total. The van der Waals surface area contributed by atoms with Gasteiger partial charge in [-0.1, -0.05) is 12.1 Å². The number of nitrogens with one attached hydrogen (secondary N) is 1. The zero-order valence-corrected chi connectivity index (χ0v) is 16.8. The Bertz CT molecular complexity index is 906. The average molecular weight is 482 g/mol. The van der Waals surface area contributed by atoms with Crippen LogP contribution >= 0.6 is 34.8 Å². The van der Waals surface area contributed by atoms with Gasteiger partial charge in [-0.2, -0.15) is 0 Å². The largest absolute Gasteiger partial charge is 0.465 e. The second-order valence-electron chi connectivity index (χ2n) is 5.40. The standard InChI is InChI=1S/C18H15IN2O4S/c1-2-24-16(22)10-21-17(23)14(20-18(21)26)9-13-6-7-15(25-13)11-4-3-5-12(19)8-11/h3-9H,2,10H2,1H3,(H,20,26)/b14-9+. The van der Waals surface area contributed by atoms with Gasteiger partial charge in [0.05, 0.1) is 6.61 Å². The zero-order chi connectivity index (χ0) is 18.7. The predicted octanol–water partition coefficient (Wildman–Crippen LogP) is 3.17. The molecule has 0 radical (unpaired) electrons. The molecule has 1 fully saturated rings. The molecule has 1 N–H and O–H groups in total. The zero-order valence-electron chi connectivity index (χ0n) is 13.8. The second-order valence-corrected chi connectivity index (χ2v) is 7.03. The number of furan rings is 1. The molecule has 0 saturated carbocycles. The van der Waals surface area contributed by atoms with E-state index in [1.54, 1.807) is 19.1 Å². The molecule has 1 amide bonds. The summed E-state index contributed by atoms with van der Waals surface area (Å²) in [6.45, 7) is 1.73. The lowest BCUT2D eigenvalue weighted by atomic mass is 10.2. The van der Waals surface area contributed by atoms with Crippen molar-refractivity contribution in [3.05, 3.63) is 51.4 Å². The molecule has 26 heavy (non-hydrogen) atoms. The van der Waals surface area contributed by atoms with Crippen LogP contribution in [0, 0.1) is 3.57 Å². The smallest absolute Gasteiger partial charge is 0.326 e. The van der Waals surface area contributed by atoms with Crippen LogP contribution in [0.2, 0.25) is 0 Å². The van der Waals surface area contributed by atoms with Crippen LogP contribution in [0.1, 0.15) is 12.7 Å². The molecule has 3 rings (SSSR count). The predicted molar refractivity (Wildman–Crippen MR) is 109 cm³/mol. The van der Waals surface area contributed by atoms with Crippen molar-refractivity contribution in [2.45, 2.75) is 6.92 Å². The number of halogens is 1. The first-order valence-corrected chi connectivity index (χ1v) is 9.32. The van der Waals surface area contributed by atoms with E-state index in [9.17, 15) is 9.59 Å². The molecule has 1 aliphatic rings. The van der Waals surface area contributed by atoms with Crippen molar-refractivity contribution >= 4 is 57.9 Å². The molecule has 0 bridgehead atoms. The molecular formula is C18H15IN2O4S. The number of benzene rings is 1. The molecule has 1 aromatic heterocycles. The first-order chi connectivity index (χ1) is 12.5. The molecule has 134 valence electrons. The van der Waals surface area contributed by atoms with Crippen molar-refractivity contribution in [2.75, 3.05) is 13.2 Å². The molecular weight excluding hydrogens is 467 g/mol. The lowest BCUT2D eigenvalue weighted by Gasteiger charge is -2.12. The van der Waals surface area contributed by atoms with Crippen molar-refractivity contribution in [3.63, 3.8) is 0 Å². The van der Waals surface area contributed by atoms with Crippen LogP contribution in [-0.4, -0.2) is 35.0 Å². The van der Waals surface area contributed by atoms with Gasteiger partial charge in [0.2, 0.25) is 0 Å². The molecule has 2 heterocycles. The highest BCUT2D eigenvalue weighted by molar-refractivity contribution is 14.1. The monoisotopic (exact) mass is 482 g/mol. The Labute approximate surface area is 169 Å². The molecule has 0 unspecified atom stereocenters. The Morgan fingerprint density at radius 3 is 2.92 bits per heavy atom. The van der Waals surface area contributed by atoms with Gasteiger partial charge < -0.3 is 14.5 Å². The lowest BCUT2D eigenvalue weighted by molar-refractivity contribution is -0.145. The van der Waals surface area contributed by atoms with E-state index in [4.69, 9.17) is 21.4 Å². The quantitative estimate of drug-likeness (QED) is 0.306. The fourth-order valence-corrected chi connectivity index (χ4v) is 3.22. The van der Waals surface area contributed by atoms with Crippen molar-refractivity contribution < 1.29 is 18.7 Å². The van der Waals surface area contributed by atoms with Gasteiger partial charge in [0.1, 0.15) is 23.8 Å². The van der Waals surface area contributed by atoms with E-state index in [0.29, 0.717) is 11.5 Å². The lowest BCUT2D eigenvalue weighted by Crippen LogP contribution is -2.36. The highest BCUT2D eigenvalue weighted by Crippen LogP contribution is 2.25. The van der Waals surface area contributed by atoms with E-state index in [1.165, 1.54) is 4.90 Å². The van der Waals surface area contributed by atoms with Crippen molar-refractivity contribution in [1.29, 1.82) is 0 Å². The van der Waals surface area contributed by atoms with Gasteiger partial charge in [-0.05, 0) is 66.0 Å². The minimum absolute atomic E-state index is 0.165. The van der Waals surface area contributed by atoms with Crippen molar-refractivity contribution in [3.8, 4) is 11.3 Å². The minimum Gasteiger partial charge on any atom is -0.465 e. The van der Waals surface area contributed by atoms with Crippen LogP contribution in [0.25, 0.3) is 17.4 Å². The van der Waals surface area contributed by atoms with Crippen molar-refractivity contribution in [2.24, 2.45) is 0 Å². The number of rotatable bonds is 5. The summed E-state index contributed by atoms with van der Waals surface area (Å²) >= 11 is 7.36. The number of esters is 1. The van der Waals surface area contributed by atoms with Gasteiger partial charge in [0.15, 0.2) is 5.11 Å². The topological polar surface area (TPSA) is 71.8 Å². The maximum absolute atomic E-state index is 12.4. The number of carbonyl (C=O) groups excluding carboxylic acids is 2. The highest BCUT2D eigenvalue weighted by Gasteiger charge is 2.32. The van der Waals surface area contributed by atoms with E-state index >= 15 is 0 Å². The van der Waals surface area contributed by atoms with Crippen LogP contribution in [-0.2, 0) is 14.3 Å². The SMILES string of the molecule is CCOC(=O)CN1C(=O)/C(=C\c2ccc(-c3cccc(I)c3)o2)NC1=S. The summed E-state index contributed by atoms with van der Waals surface area (Å²) in [4.78, 5) is 25.2. The van der Waals surface area contributed by atoms with Gasteiger partial charge in [0, 0.05) is 15.2 Å². The fourth-order valence-electron chi connectivity index (χ4n) is 2.42. The number of ether oxygens (including phenoxy) is 1. The number of hydrogen-bond acceptors (Lipinski definition) is 5. The molecule has 2 aromatic rings. The van der Waals surface area contributed by atoms with E-state index in [0.717, 1.165) is 9.13 Å². The van der Waals surface area contributed by atoms with Crippen LogP contribution in [0.5, 0.6) is 0 Å². The Balaban J connectivity index is 1.77. The number of thiocarbonyl (C=S) groups is 1. The Kier molecular flexibility index (Phi) is 5.72. The summed E-state index contributed by atoms with van der Waals surface area (Å²) < 4.78 is 11.8. The third-order valence-electron chi connectivity index (χ3n) is 3.58. The number of amides is 1. The number of hydrogen-bond donors (Lipinski definition) is 1.